The number of anilines is 1. The van der Waals surface area contributed by atoms with E-state index in [1.165, 1.54) is 0 Å². The Morgan fingerprint density at radius 2 is 1.74 bits per heavy atom. The normalized spacial score (nSPS) is 15.2. The monoisotopic (exact) mass is 515 g/mol. The molecular formula is C29H33N5O4. The summed E-state index contributed by atoms with van der Waals surface area (Å²) in [5.41, 5.74) is 3.99. The summed E-state index contributed by atoms with van der Waals surface area (Å²) in [6.07, 6.45) is 0. The molecule has 38 heavy (non-hydrogen) atoms. The number of esters is 1. The Morgan fingerprint density at radius 3 is 2.42 bits per heavy atom. The van der Waals surface area contributed by atoms with Crippen molar-refractivity contribution in [2.24, 2.45) is 0 Å². The first-order valence-electron chi connectivity index (χ1n) is 12.8. The zero-order valence-electron chi connectivity index (χ0n) is 22.4. The summed E-state index contributed by atoms with van der Waals surface area (Å²) in [6, 6.07) is 14.5. The van der Waals surface area contributed by atoms with Gasteiger partial charge >= 0.3 is 12.0 Å². The lowest BCUT2D eigenvalue weighted by Crippen LogP contribution is -2.56. The summed E-state index contributed by atoms with van der Waals surface area (Å²) >= 11 is 0. The lowest BCUT2D eigenvalue weighted by molar-refractivity contribution is 0.0505. The molecule has 0 radical (unpaired) electrons. The van der Waals surface area contributed by atoms with Gasteiger partial charge in [-0.25, -0.2) is 19.6 Å². The molecule has 1 saturated heterocycles. The van der Waals surface area contributed by atoms with Gasteiger partial charge in [0.05, 0.1) is 12.3 Å². The molecule has 198 valence electrons. The van der Waals surface area contributed by atoms with E-state index in [-0.39, 0.29) is 29.9 Å². The first-order chi connectivity index (χ1) is 18.2. The zero-order chi connectivity index (χ0) is 27.4. The number of urea groups is 1. The molecule has 1 aliphatic heterocycles. The molecule has 1 unspecified atom stereocenters. The summed E-state index contributed by atoms with van der Waals surface area (Å²) < 4.78 is 5.30. The quantitative estimate of drug-likeness (QED) is 0.497. The Kier molecular flexibility index (Phi) is 8.05. The largest absolute Gasteiger partial charge is 0.462 e. The maximum Gasteiger partial charge on any atom is 0.342 e. The van der Waals surface area contributed by atoms with Crippen LogP contribution in [-0.4, -0.2) is 70.0 Å². The van der Waals surface area contributed by atoms with Crippen LogP contribution in [0.4, 0.5) is 10.5 Å². The molecule has 3 amide bonds. The van der Waals surface area contributed by atoms with Gasteiger partial charge in [-0.15, -0.1) is 0 Å². The minimum Gasteiger partial charge on any atom is -0.462 e. The number of ether oxygens (including phenoxy) is 1. The Hall–Kier alpha value is -4.27. The third kappa shape index (κ3) is 5.51. The Balaban J connectivity index is 1.59. The van der Waals surface area contributed by atoms with Gasteiger partial charge in [-0.3, -0.25) is 4.79 Å². The minimum atomic E-state index is -0.644. The third-order valence-electron chi connectivity index (χ3n) is 6.77. The molecule has 0 bridgehead atoms. The van der Waals surface area contributed by atoms with Crippen molar-refractivity contribution in [1.82, 2.24) is 19.8 Å². The van der Waals surface area contributed by atoms with Gasteiger partial charge in [-0.2, -0.15) is 0 Å². The molecule has 2 aromatic carbocycles. The SMILES string of the molecule is CCOC(=O)c1c(C(=O)N2CCN(C(=O)Nc3cccc(C)c3C)C(C)C2)nc(C)nc1-c1ccccc1. The van der Waals surface area contributed by atoms with Crippen molar-refractivity contribution in [3.63, 3.8) is 0 Å². The van der Waals surface area contributed by atoms with E-state index < -0.39 is 11.9 Å². The highest BCUT2D eigenvalue weighted by molar-refractivity contribution is 6.07. The molecule has 9 nitrogen and oxygen atoms in total. The second-order valence-corrected chi connectivity index (χ2v) is 9.40. The van der Waals surface area contributed by atoms with E-state index in [0.29, 0.717) is 36.7 Å². The van der Waals surface area contributed by atoms with Crippen molar-refractivity contribution in [3.8, 4) is 11.3 Å². The van der Waals surface area contributed by atoms with E-state index >= 15 is 0 Å². The molecule has 3 aromatic rings. The van der Waals surface area contributed by atoms with Crippen LogP contribution in [0.25, 0.3) is 11.3 Å². The average molecular weight is 516 g/mol. The molecule has 0 spiro atoms. The first-order valence-corrected chi connectivity index (χ1v) is 12.8. The van der Waals surface area contributed by atoms with Gasteiger partial charge in [0.15, 0.2) is 0 Å². The second kappa shape index (κ2) is 11.4. The van der Waals surface area contributed by atoms with Crippen molar-refractivity contribution in [3.05, 3.63) is 76.7 Å². The number of nitrogens with one attached hydrogen (secondary N) is 1. The van der Waals surface area contributed by atoms with Crippen LogP contribution in [-0.2, 0) is 4.74 Å². The van der Waals surface area contributed by atoms with E-state index in [4.69, 9.17) is 4.74 Å². The van der Waals surface area contributed by atoms with Gasteiger partial charge in [-0.1, -0.05) is 42.5 Å². The van der Waals surface area contributed by atoms with Crippen molar-refractivity contribution >= 4 is 23.6 Å². The van der Waals surface area contributed by atoms with Crippen LogP contribution >= 0.6 is 0 Å². The van der Waals surface area contributed by atoms with Crippen molar-refractivity contribution in [1.29, 1.82) is 0 Å². The van der Waals surface area contributed by atoms with Crippen LogP contribution in [0.2, 0.25) is 0 Å². The van der Waals surface area contributed by atoms with E-state index in [0.717, 1.165) is 16.8 Å². The Bertz CT molecular complexity index is 1360. The topological polar surface area (TPSA) is 105 Å². The number of amides is 3. The predicted octanol–water partition coefficient (Wildman–Crippen LogP) is 4.62. The molecule has 9 heteroatoms. The van der Waals surface area contributed by atoms with Crippen LogP contribution in [0.3, 0.4) is 0 Å². The number of rotatable bonds is 5. The smallest absolute Gasteiger partial charge is 0.342 e. The number of benzene rings is 2. The predicted molar refractivity (Wildman–Crippen MR) is 145 cm³/mol. The molecule has 0 aliphatic carbocycles. The number of hydrogen-bond donors (Lipinski definition) is 1. The molecule has 4 rings (SSSR count). The van der Waals surface area contributed by atoms with Crippen LogP contribution in [0, 0.1) is 20.8 Å². The summed E-state index contributed by atoms with van der Waals surface area (Å²) in [5.74, 6) is -0.661. The number of nitrogens with zero attached hydrogens (tertiary/aromatic N) is 4. The summed E-state index contributed by atoms with van der Waals surface area (Å²) in [7, 11) is 0. The number of aryl methyl sites for hydroxylation is 2. The summed E-state index contributed by atoms with van der Waals surface area (Å²) in [6.45, 7) is 10.4. The Labute approximate surface area is 222 Å². The molecule has 1 aromatic heterocycles. The average Bonchev–Trinajstić information content (AvgIpc) is 2.90. The highest BCUT2D eigenvalue weighted by Gasteiger charge is 2.34. The number of carbonyl (C=O) groups excluding carboxylic acids is 3. The van der Waals surface area contributed by atoms with Gasteiger partial charge < -0.3 is 19.9 Å². The van der Waals surface area contributed by atoms with E-state index in [1.807, 2.05) is 69.3 Å². The molecule has 1 N–H and O–H groups in total. The van der Waals surface area contributed by atoms with Gasteiger partial charge in [0.25, 0.3) is 5.91 Å². The molecule has 1 aliphatic rings. The van der Waals surface area contributed by atoms with Gasteiger partial charge in [0.1, 0.15) is 17.1 Å². The summed E-state index contributed by atoms with van der Waals surface area (Å²) in [4.78, 5) is 52.1. The minimum absolute atomic E-state index is 0.00953. The maximum absolute atomic E-state index is 13.8. The number of aromatic nitrogens is 2. The van der Waals surface area contributed by atoms with Gasteiger partial charge in [0.2, 0.25) is 0 Å². The lowest BCUT2D eigenvalue weighted by atomic mass is 10.0. The van der Waals surface area contributed by atoms with Gasteiger partial charge in [-0.05, 0) is 51.8 Å². The van der Waals surface area contributed by atoms with E-state index in [9.17, 15) is 14.4 Å². The van der Waals surface area contributed by atoms with E-state index in [1.54, 1.807) is 23.6 Å². The number of carbonyl (C=O) groups is 3. The van der Waals surface area contributed by atoms with Crippen LogP contribution in [0.1, 0.15) is 51.6 Å². The van der Waals surface area contributed by atoms with Gasteiger partial charge in [0, 0.05) is 36.9 Å². The van der Waals surface area contributed by atoms with Crippen LogP contribution < -0.4 is 5.32 Å². The standard InChI is InChI=1S/C29H33N5O4/c1-6-38-28(36)24-25(22-12-8-7-9-13-22)30-21(5)31-26(24)27(35)33-15-16-34(19(3)17-33)29(37)32-23-14-10-11-18(2)20(23)4/h7-14,19H,6,15-17H2,1-5H3,(H,32,37). The third-order valence-corrected chi connectivity index (χ3v) is 6.77. The summed E-state index contributed by atoms with van der Waals surface area (Å²) in [5, 5.41) is 3.00. The molecule has 2 heterocycles. The van der Waals surface area contributed by atoms with Crippen molar-refractivity contribution < 1.29 is 19.1 Å². The van der Waals surface area contributed by atoms with Crippen LogP contribution in [0.15, 0.2) is 48.5 Å². The molecular weight excluding hydrogens is 482 g/mol. The fourth-order valence-electron chi connectivity index (χ4n) is 4.60. The molecule has 1 fully saturated rings. The molecule has 1 atom stereocenters. The fraction of sp³-hybridized carbons (Fsp3) is 0.345. The molecule has 0 saturated carbocycles. The number of hydrogen-bond acceptors (Lipinski definition) is 6. The maximum atomic E-state index is 13.8. The van der Waals surface area contributed by atoms with Crippen molar-refractivity contribution in [2.75, 3.05) is 31.6 Å². The lowest BCUT2D eigenvalue weighted by Gasteiger charge is -2.39. The Morgan fingerprint density at radius 1 is 1.00 bits per heavy atom. The first kappa shape index (κ1) is 26.8. The highest BCUT2D eigenvalue weighted by Crippen LogP contribution is 2.27. The highest BCUT2D eigenvalue weighted by atomic mass is 16.5. The fourth-order valence-corrected chi connectivity index (χ4v) is 4.60. The van der Waals surface area contributed by atoms with E-state index in [2.05, 4.69) is 15.3 Å². The number of piperazine rings is 1. The zero-order valence-corrected chi connectivity index (χ0v) is 22.4. The van der Waals surface area contributed by atoms with Crippen molar-refractivity contribution in [2.45, 2.75) is 40.7 Å². The second-order valence-electron chi connectivity index (χ2n) is 9.40. The van der Waals surface area contributed by atoms with Crippen LogP contribution in [0.5, 0.6) is 0 Å².